The molecule has 1 fully saturated rings. The maximum Gasteiger partial charge on any atom is 0.253 e. The zero-order chi connectivity index (χ0) is 16.7. The van der Waals surface area contributed by atoms with Crippen LogP contribution >= 0.6 is 0 Å². The second-order valence-electron chi connectivity index (χ2n) is 7.09. The Bertz CT molecular complexity index is 473. The first-order chi connectivity index (χ1) is 11.1. The van der Waals surface area contributed by atoms with E-state index in [4.69, 9.17) is 4.74 Å². The summed E-state index contributed by atoms with van der Waals surface area (Å²) in [5.74, 6) is 2.19. The van der Waals surface area contributed by atoms with E-state index >= 15 is 0 Å². The summed E-state index contributed by atoms with van der Waals surface area (Å²) in [5, 5.41) is 0. The third-order valence-electron chi connectivity index (χ3n) is 4.52. The van der Waals surface area contributed by atoms with E-state index in [0.717, 1.165) is 37.4 Å². The summed E-state index contributed by atoms with van der Waals surface area (Å²) in [6.45, 7) is 9.17. The van der Waals surface area contributed by atoms with Gasteiger partial charge >= 0.3 is 0 Å². The first-order valence-electron chi connectivity index (χ1n) is 9.12. The molecule has 3 heteroatoms. The molecule has 2 atom stereocenters. The molecule has 0 unspecified atom stereocenters. The zero-order valence-corrected chi connectivity index (χ0v) is 14.9. The first-order valence-corrected chi connectivity index (χ1v) is 9.12. The van der Waals surface area contributed by atoms with Gasteiger partial charge in [-0.2, -0.15) is 0 Å². The summed E-state index contributed by atoms with van der Waals surface area (Å²) in [6.07, 6.45) is 6.04. The number of hydrogen-bond donors (Lipinski definition) is 0. The third-order valence-corrected chi connectivity index (χ3v) is 4.52. The highest BCUT2D eigenvalue weighted by molar-refractivity contribution is 5.94. The van der Waals surface area contributed by atoms with Crippen LogP contribution in [0.15, 0.2) is 24.3 Å². The second-order valence-corrected chi connectivity index (χ2v) is 7.09. The van der Waals surface area contributed by atoms with Crippen molar-refractivity contribution in [3.05, 3.63) is 29.8 Å². The van der Waals surface area contributed by atoms with E-state index in [-0.39, 0.29) is 5.91 Å². The number of benzene rings is 1. The minimum Gasteiger partial charge on any atom is -0.494 e. The van der Waals surface area contributed by atoms with Gasteiger partial charge in [0.15, 0.2) is 0 Å². The molecule has 0 saturated carbocycles. The maximum atomic E-state index is 12.6. The van der Waals surface area contributed by atoms with E-state index in [9.17, 15) is 4.79 Å². The predicted octanol–water partition coefficient (Wildman–Crippen LogP) is 4.76. The molecule has 0 aromatic heterocycles. The number of piperidine rings is 1. The van der Waals surface area contributed by atoms with Gasteiger partial charge in [-0.25, -0.2) is 0 Å². The van der Waals surface area contributed by atoms with E-state index in [1.54, 1.807) is 0 Å². The molecule has 23 heavy (non-hydrogen) atoms. The molecule has 1 aliphatic heterocycles. The minimum atomic E-state index is 0.151. The van der Waals surface area contributed by atoms with Crippen molar-refractivity contribution in [1.29, 1.82) is 0 Å². The van der Waals surface area contributed by atoms with Crippen LogP contribution in [0.2, 0.25) is 0 Å². The first kappa shape index (κ1) is 17.8. The van der Waals surface area contributed by atoms with Gasteiger partial charge in [0.2, 0.25) is 0 Å². The molecule has 1 aromatic rings. The highest BCUT2D eigenvalue weighted by atomic mass is 16.5. The molecular formula is C20H31NO2. The van der Waals surface area contributed by atoms with Gasteiger partial charge in [-0.15, -0.1) is 0 Å². The van der Waals surface area contributed by atoms with Gasteiger partial charge in [0.1, 0.15) is 5.75 Å². The lowest BCUT2D eigenvalue weighted by molar-refractivity contribution is 0.0623. The van der Waals surface area contributed by atoms with E-state index < -0.39 is 0 Å². The van der Waals surface area contributed by atoms with Crippen LogP contribution in [0.25, 0.3) is 0 Å². The standard InChI is InChI=1S/C20H31NO2/c1-4-5-6-7-12-23-19-10-8-18(9-11-19)20(22)21-14-16(2)13-17(3)15-21/h8-11,16-17H,4-7,12-15H2,1-3H3/t16-,17-/m0/s1. The Labute approximate surface area is 141 Å². The Morgan fingerprint density at radius 2 is 1.74 bits per heavy atom. The summed E-state index contributed by atoms with van der Waals surface area (Å²) in [4.78, 5) is 14.6. The number of likely N-dealkylation sites (tertiary alicyclic amines) is 1. The van der Waals surface area contributed by atoms with Gasteiger partial charge in [0.05, 0.1) is 6.61 Å². The molecule has 1 saturated heterocycles. The SMILES string of the molecule is CCCCCCOc1ccc(C(=O)N2C[C@@H](C)C[C@H](C)C2)cc1. The van der Waals surface area contributed by atoms with Gasteiger partial charge < -0.3 is 9.64 Å². The van der Waals surface area contributed by atoms with Crippen molar-refractivity contribution in [3.8, 4) is 5.75 Å². The quantitative estimate of drug-likeness (QED) is 0.678. The van der Waals surface area contributed by atoms with Crippen LogP contribution in [-0.4, -0.2) is 30.5 Å². The molecule has 0 aliphatic carbocycles. The normalized spacial score (nSPS) is 21.3. The van der Waals surface area contributed by atoms with Gasteiger partial charge in [-0.1, -0.05) is 40.0 Å². The maximum absolute atomic E-state index is 12.6. The van der Waals surface area contributed by atoms with Crippen molar-refractivity contribution in [2.24, 2.45) is 11.8 Å². The molecule has 1 aromatic carbocycles. The molecule has 3 nitrogen and oxygen atoms in total. The Hall–Kier alpha value is -1.51. The lowest BCUT2D eigenvalue weighted by atomic mass is 9.91. The summed E-state index contributed by atoms with van der Waals surface area (Å²) >= 11 is 0. The van der Waals surface area contributed by atoms with Gasteiger partial charge in [-0.05, 0) is 48.9 Å². The zero-order valence-electron chi connectivity index (χ0n) is 14.9. The number of amides is 1. The van der Waals surface area contributed by atoms with Gasteiger partial charge in [0.25, 0.3) is 5.91 Å². The second kappa shape index (κ2) is 8.95. The van der Waals surface area contributed by atoms with E-state index in [1.165, 1.54) is 25.7 Å². The third kappa shape index (κ3) is 5.56. The monoisotopic (exact) mass is 317 g/mol. The molecule has 0 radical (unpaired) electrons. The summed E-state index contributed by atoms with van der Waals surface area (Å²) in [7, 11) is 0. The molecule has 0 N–H and O–H groups in total. The number of nitrogens with zero attached hydrogens (tertiary/aromatic N) is 1. The van der Waals surface area contributed by atoms with Gasteiger partial charge in [-0.3, -0.25) is 4.79 Å². The average Bonchev–Trinajstić information content (AvgIpc) is 2.54. The Kier molecular flexibility index (Phi) is 6.94. The molecule has 2 rings (SSSR count). The Morgan fingerprint density at radius 1 is 1.09 bits per heavy atom. The summed E-state index contributed by atoms with van der Waals surface area (Å²) < 4.78 is 5.74. The highest BCUT2D eigenvalue weighted by Gasteiger charge is 2.25. The molecule has 1 heterocycles. The highest BCUT2D eigenvalue weighted by Crippen LogP contribution is 2.23. The largest absolute Gasteiger partial charge is 0.494 e. The summed E-state index contributed by atoms with van der Waals surface area (Å²) in [6, 6.07) is 7.63. The number of unbranched alkanes of at least 4 members (excludes halogenated alkanes) is 3. The van der Waals surface area contributed by atoms with Crippen molar-refractivity contribution in [1.82, 2.24) is 4.90 Å². The van der Waals surface area contributed by atoms with Crippen molar-refractivity contribution in [3.63, 3.8) is 0 Å². The topological polar surface area (TPSA) is 29.5 Å². The molecular weight excluding hydrogens is 286 g/mol. The van der Waals surface area contributed by atoms with Crippen LogP contribution in [0.1, 0.15) is 63.2 Å². The number of rotatable bonds is 7. The van der Waals surface area contributed by atoms with Crippen LogP contribution in [0.4, 0.5) is 0 Å². The van der Waals surface area contributed by atoms with E-state index in [1.807, 2.05) is 29.2 Å². The average molecular weight is 317 g/mol. The fourth-order valence-electron chi connectivity index (χ4n) is 3.42. The fraction of sp³-hybridized carbons (Fsp3) is 0.650. The molecule has 0 spiro atoms. The Morgan fingerprint density at radius 3 is 2.35 bits per heavy atom. The molecule has 1 amide bonds. The van der Waals surface area contributed by atoms with Crippen LogP contribution in [0.5, 0.6) is 5.75 Å². The lowest BCUT2D eigenvalue weighted by Gasteiger charge is -2.35. The molecule has 128 valence electrons. The Balaban J connectivity index is 1.85. The molecule has 1 aliphatic rings. The van der Waals surface area contributed by atoms with Crippen LogP contribution in [0.3, 0.4) is 0 Å². The summed E-state index contributed by atoms with van der Waals surface area (Å²) in [5.41, 5.74) is 0.768. The minimum absolute atomic E-state index is 0.151. The van der Waals surface area contributed by atoms with E-state index in [0.29, 0.717) is 11.8 Å². The van der Waals surface area contributed by atoms with Crippen LogP contribution < -0.4 is 4.74 Å². The van der Waals surface area contributed by atoms with Crippen molar-refractivity contribution in [2.45, 2.75) is 52.9 Å². The molecule has 0 bridgehead atoms. The van der Waals surface area contributed by atoms with Crippen molar-refractivity contribution >= 4 is 5.91 Å². The van der Waals surface area contributed by atoms with Crippen LogP contribution in [-0.2, 0) is 0 Å². The predicted molar refractivity (Wildman–Crippen MR) is 94.9 cm³/mol. The smallest absolute Gasteiger partial charge is 0.253 e. The fourth-order valence-corrected chi connectivity index (χ4v) is 3.42. The van der Waals surface area contributed by atoms with Crippen LogP contribution in [0, 0.1) is 11.8 Å². The van der Waals surface area contributed by atoms with Gasteiger partial charge in [0, 0.05) is 18.7 Å². The van der Waals surface area contributed by atoms with Crippen molar-refractivity contribution in [2.75, 3.05) is 19.7 Å². The number of ether oxygens (including phenoxy) is 1. The lowest BCUT2D eigenvalue weighted by Crippen LogP contribution is -2.42. The number of carbonyl (C=O) groups excluding carboxylic acids is 1. The van der Waals surface area contributed by atoms with Crippen molar-refractivity contribution < 1.29 is 9.53 Å². The van der Waals surface area contributed by atoms with E-state index in [2.05, 4.69) is 20.8 Å². The number of hydrogen-bond acceptors (Lipinski definition) is 2. The number of carbonyl (C=O) groups is 1.